The summed E-state index contributed by atoms with van der Waals surface area (Å²) in [6.07, 6.45) is 2.38. The van der Waals surface area contributed by atoms with Crippen LogP contribution in [0.15, 0.2) is 18.3 Å². The van der Waals surface area contributed by atoms with Crippen LogP contribution in [0.5, 0.6) is 0 Å². The molecule has 1 rings (SSSR count). The van der Waals surface area contributed by atoms with Crippen LogP contribution in [0, 0.1) is 0 Å². The van der Waals surface area contributed by atoms with E-state index in [1.807, 2.05) is 18.9 Å². The molecule has 0 aliphatic heterocycles. The van der Waals surface area contributed by atoms with Gasteiger partial charge in [-0.25, -0.2) is 4.98 Å². The Morgan fingerprint density at radius 3 is 2.69 bits per heavy atom. The minimum atomic E-state index is -0.461. The Labute approximate surface area is 95.4 Å². The first-order valence-corrected chi connectivity index (χ1v) is 5.23. The molecule has 1 heterocycles. The second-order valence-electron chi connectivity index (χ2n) is 3.96. The predicted molar refractivity (Wildman–Crippen MR) is 64.3 cm³/mol. The van der Waals surface area contributed by atoms with E-state index in [-0.39, 0.29) is 6.04 Å². The van der Waals surface area contributed by atoms with Gasteiger partial charge < -0.3 is 16.4 Å². The maximum atomic E-state index is 10.8. The molecule has 0 aliphatic carbocycles. The van der Waals surface area contributed by atoms with E-state index in [0.717, 1.165) is 18.8 Å². The van der Waals surface area contributed by atoms with Crippen LogP contribution >= 0.6 is 0 Å². The van der Waals surface area contributed by atoms with Crippen LogP contribution in [0.2, 0.25) is 0 Å². The molecule has 0 fully saturated rings. The molecule has 0 bridgehead atoms. The van der Waals surface area contributed by atoms with E-state index in [1.54, 1.807) is 12.1 Å². The highest BCUT2D eigenvalue weighted by molar-refractivity contribution is 5.92. The average molecular weight is 222 g/mol. The van der Waals surface area contributed by atoms with Gasteiger partial charge in [-0.1, -0.05) is 0 Å². The number of nitrogens with two attached hydrogens (primary N) is 2. The van der Waals surface area contributed by atoms with Crippen molar-refractivity contribution in [2.45, 2.75) is 19.4 Å². The summed E-state index contributed by atoms with van der Waals surface area (Å²) in [4.78, 5) is 17.0. The SMILES string of the molecule is CC(N)CCN(C)c1ccc(C(N)=O)cn1. The van der Waals surface area contributed by atoms with Crippen molar-refractivity contribution in [1.29, 1.82) is 0 Å². The van der Waals surface area contributed by atoms with Gasteiger partial charge in [-0.05, 0) is 25.5 Å². The van der Waals surface area contributed by atoms with Gasteiger partial charge in [-0.3, -0.25) is 4.79 Å². The van der Waals surface area contributed by atoms with Crippen LogP contribution < -0.4 is 16.4 Å². The van der Waals surface area contributed by atoms with Crippen LogP contribution in [0.4, 0.5) is 5.82 Å². The van der Waals surface area contributed by atoms with E-state index in [2.05, 4.69) is 4.98 Å². The molecule has 0 radical (unpaired) electrons. The van der Waals surface area contributed by atoms with Crippen LogP contribution in [-0.2, 0) is 0 Å². The van der Waals surface area contributed by atoms with Crippen molar-refractivity contribution >= 4 is 11.7 Å². The van der Waals surface area contributed by atoms with Crippen LogP contribution in [0.25, 0.3) is 0 Å². The Kier molecular flexibility index (Phi) is 4.25. The first-order valence-electron chi connectivity index (χ1n) is 5.23. The summed E-state index contributed by atoms with van der Waals surface area (Å²) >= 11 is 0. The largest absolute Gasteiger partial charge is 0.366 e. The molecule has 88 valence electrons. The highest BCUT2D eigenvalue weighted by Crippen LogP contribution is 2.09. The zero-order valence-corrected chi connectivity index (χ0v) is 9.68. The van der Waals surface area contributed by atoms with Gasteiger partial charge in [-0.15, -0.1) is 0 Å². The summed E-state index contributed by atoms with van der Waals surface area (Å²) in [5.74, 6) is 0.350. The second kappa shape index (κ2) is 5.46. The van der Waals surface area contributed by atoms with E-state index < -0.39 is 5.91 Å². The Balaban J connectivity index is 2.63. The minimum absolute atomic E-state index is 0.173. The van der Waals surface area contributed by atoms with Gasteiger partial charge in [0, 0.05) is 25.8 Å². The lowest BCUT2D eigenvalue weighted by Gasteiger charge is -2.19. The quantitative estimate of drug-likeness (QED) is 0.753. The number of anilines is 1. The minimum Gasteiger partial charge on any atom is -0.366 e. The zero-order chi connectivity index (χ0) is 12.1. The maximum absolute atomic E-state index is 10.8. The average Bonchev–Trinajstić information content (AvgIpc) is 2.26. The number of primary amides is 1. The molecule has 1 unspecified atom stereocenters. The maximum Gasteiger partial charge on any atom is 0.250 e. The standard InChI is InChI=1S/C11H18N4O/c1-8(12)5-6-15(2)10-4-3-9(7-14-10)11(13)16/h3-4,7-8H,5-6,12H2,1-2H3,(H2,13,16). The molecular formula is C11H18N4O. The van der Waals surface area contributed by atoms with E-state index in [0.29, 0.717) is 5.56 Å². The van der Waals surface area contributed by atoms with Crippen molar-refractivity contribution in [3.05, 3.63) is 23.9 Å². The molecule has 1 aromatic heterocycles. The lowest BCUT2D eigenvalue weighted by molar-refractivity contribution is 0.1000. The van der Waals surface area contributed by atoms with Gasteiger partial charge in [0.15, 0.2) is 0 Å². The predicted octanol–water partition coefficient (Wildman–Crippen LogP) is 0.354. The number of carbonyl (C=O) groups excluding carboxylic acids is 1. The van der Waals surface area contributed by atoms with Gasteiger partial charge in [0.05, 0.1) is 5.56 Å². The van der Waals surface area contributed by atoms with Crippen molar-refractivity contribution in [2.75, 3.05) is 18.5 Å². The monoisotopic (exact) mass is 222 g/mol. The highest BCUT2D eigenvalue weighted by Gasteiger charge is 2.05. The number of amides is 1. The Morgan fingerprint density at radius 1 is 1.56 bits per heavy atom. The highest BCUT2D eigenvalue weighted by atomic mass is 16.1. The Bertz CT molecular complexity index is 348. The van der Waals surface area contributed by atoms with E-state index in [4.69, 9.17) is 11.5 Å². The molecule has 16 heavy (non-hydrogen) atoms. The summed E-state index contributed by atoms with van der Waals surface area (Å²) in [5.41, 5.74) is 11.2. The number of aromatic nitrogens is 1. The number of hydrogen-bond acceptors (Lipinski definition) is 4. The van der Waals surface area contributed by atoms with E-state index in [9.17, 15) is 4.79 Å². The molecule has 1 aromatic rings. The van der Waals surface area contributed by atoms with Crippen molar-refractivity contribution in [1.82, 2.24) is 4.98 Å². The van der Waals surface area contributed by atoms with Crippen LogP contribution in [-0.4, -0.2) is 30.5 Å². The van der Waals surface area contributed by atoms with Crippen LogP contribution in [0.3, 0.4) is 0 Å². The third kappa shape index (κ3) is 3.51. The third-order valence-corrected chi connectivity index (χ3v) is 2.34. The molecule has 5 heteroatoms. The molecule has 5 nitrogen and oxygen atoms in total. The van der Waals surface area contributed by atoms with Crippen molar-refractivity contribution in [2.24, 2.45) is 11.5 Å². The summed E-state index contributed by atoms with van der Waals surface area (Å²) in [5, 5.41) is 0. The van der Waals surface area contributed by atoms with Crippen molar-refractivity contribution in [3.63, 3.8) is 0 Å². The Morgan fingerprint density at radius 2 is 2.25 bits per heavy atom. The van der Waals surface area contributed by atoms with Gasteiger partial charge in [0.1, 0.15) is 5.82 Å². The van der Waals surface area contributed by atoms with Gasteiger partial charge >= 0.3 is 0 Å². The molecule has 0 aliphatic rings. The molecular weight excluding hydrogens is 204 g/mol. The number of rotatable bonds is 5. The molecule has 1 amide bonds. The van der Waals surface area contributed by atoms with E-state index in [1.165, 1.54) is 6.20 Å². The Hall–Kier alpha value is -1.62. The van der Waals surface area contributed by atoms with E-state index >= 15 is 0 Å². The fourth-order valence-electron chi connectivity index (χ4n) is 1.27. The molecule has 4 N–H and O–H groups in total. The lowest BCUT2D eigenvalue weighted by atomic mass is 10.2. The van der Waals surface area contributed by atoms with Crippen molar-refractivity contribution < 1.29 is 4.79 Å². The first kappa shape index (κ1) is 12.4. The fourth-order valence-corrected chi connectivity index (χ4v) is 1.27. The molecule has 0 saturated carbocycles. The molecule has 0 aromatic carbocycles. The number of hydrogen-bond donors (Lipinski definition) is 2. The normalized spacial score (nSPS) is 12.2. The third-order valence-electron chi connectivity index (χ3n) is 2.34. The van der Waals surface area contributed by atoms with Gasteiger partial charge in [0.25, 0.3) is 0 Å². The lowest BCUT2D eigenvalue weighted by Crippen LogP contribution is -2.26. The van der Waals surface area contributed by atoms with Gasteiger partial charge in [0.2, 0.25) is 5.91 Å². The zero-order valence-electron chi connectivity index (χ0n) is 9.68. The number of nitrogens with zero attached hydrogens (tertiary/aromatic N) is 2. The number of carbonyl (C=O) groups is 1. The molecule has 0 saturated heterocycles. The summed E-state index contributed by atoms with van der Waals surface area (Å²) in [6.45, 7) is 2.80. The smallest absolute Gasteiger partial charge is 0.250 e. The molecule has 0 spiro atoms. The topological polar surface area (TPSA) is 85.2 Å². The van der Waals surface area contributed by atoms with Crippen LogP contribution in [0.1, 0.15) is 23.7 Å². The fraction of sp³-hybridized carbons (Fsp3) is 0.455. The summed E-state index contributed by atoms with van der Waals surface area (Å²) < 4.78 is 0. The second-order valence-corrected chi connectivity index (χ2v) is 3.96. The summed E-state index contributed by atoms with van der Waals surface area (Å²) in [7, 11) is 1.94. The summed E-state index contributed by atoms with van der Waals surface area (Å²) in [6, 6.07) is 3.63. The first-order chi connectivity index (χ1) is 7.50. The van der Waals surface area contributed by atoms with Crippen molar-refractivity contribution in [3.8, 4) is 0 Å². The van der Waals surface area contributed by atoms with Gasteiger partial charge in [-0.2, -0.15) is 0 Å². The molecule has 1 atom stereocenters. The number of pyridine rings is 1.